The highest BCUT2D eigenvalue weighted by molar-refractivity contribution is 5.88. The molecule has 2 amide bonds. The predicted molar refractivity (Wildman–Crippen MR) is 95.6 cm³/mol. The second kappa shape index (κ2) is 8.57. The summed E-state index contributed by atoms with van der Waals surface area (Å²) < 4.78 is 1.62. The van der Waals surface area contributed by atoms with Gasteiger partial charge in [0.1, 0.15) is 12.1 Å². The van der Waals surface area contributed by atoms with Crippen LogP contribution < -0.4 is 10.6 Å². The Labute approximate surface area is 147 Å². The summed E-state index contributed by atoms with van der Waals surface area (Å²) in [4.78, 5) is 22.7. The van der Waals surface area contributed by atoms with Crippen molar-refractivity contribution in [3.63, 3.8) is 0 Å². The Bertz CT molecular complexity index is 665. The van der Waals surface area contributed by atoms with Crippen LogP contribution in [-0.4, -0.2) is 56.9 Å². The van der Waals surface area contributed by atoms with Gasteiger partial charge in [-0.1, -0.05) is 6.92 Å². The highest BCUT2D eigenvalue weighted by Gasteiger charge is 2.17. The molecule has 1 fully saturated rings. The van der Waals surface area contributed by atoms with Gasteiger partial charge in [-0.3, -0.25) is 5.32 Å². The topological polar surface area (TPSA) is 88.0 Å². The number of likely N-dealkylation sites (tertiary alicyclic amines) is 1. The maximum Gasteiger partial charge on any atom is 0.320 e. The van der Waals surface area contributed by atoms with Gasteiger partial charge in [0.15, 0.2) is 5.82 Å². The Morgan fingerprint density at radius 2 is 2.16 bits per heavy atom. The number of urea groups is 1. The van der Waals surface area contributed by atoms with Crippen LogP contribution in [0.1, 0.15) is 26.2 Å². The van der Waals surface area contributed by atoms with Gasteiger partial charge in [-0.25, -0.2) is 19.4 Å². The lowest BCUT2D eigenvalue weighted by molar-refractivity contribution is 0.186. The van der Waals surface area contributed by atoms with Gasteiger partial charge in [0, 0.05) is 25.0 Å². The van der Waals surface area contributed by atoms with Crippen LogP contribution in [0.2, 0.25) is 0 Å². The van der Waals surface area contributed by atoms with Gasteiger partial charge in [0.25, 0.3) is 0 Å². The van der Waals surface area contributed by atoms with Gasteiger partial charge < -0.3 is 10.2 Å². The minimum absolute atomic E-state index is 0.240. The average Bonchev–Trinajstić information content (AvgIpc) is 3.17. The van der Waals surface area contributed by atoms with E-state index in [2.05, 4.69) is 37.5 Å². The van der Waals surface area contributed by atoms with E-state index >= 15 is 0 Å². The number of piperidine rings is 1. The average molecular weight is 343 g/mol. The molecular formula is C17H25N7O. The normalized spacial score (nSPS) is 15.9. The Morgan fingerprint density at radius 1 is 1.32 bits per heavy atom. The lowest BCUT2D eigenvalue weighted by Crippen LogP contribution is -2.35. The summed E-state index contributed by atoms with van der Waals surface area (Å²) in [5.41, 5.74) is 0. The molecule has 3 rings (SSSR count). The van der Waals surface area contributed by atoms with Crippen molar-refractivity contribution in [2.45, 2.75) is 26.2 Å². The molecule has 0 radical (unpaired) electrons. The molecule has 3 heterocycles. The first kappa shape index (κ1) is 17.3. The summed E-state index contributed by atoms with van der Waals surface area (Å²) in [6.45, 7) is 6.36. The third-order valence-electron chi connectivity index (χ3n) is 4.63. The molecule has 1 aliphatic rings. The molecule has 8 heteroatoms. The van der Waals surface area contributed by atoms with E-state index in [1.807, 2.05) is 6.07 Å². The second-order valence-corrected chi connectivity index (χ2v) is 6.26. The van der Waals surface area contributed by atoms with Crippen LogP contribution >= 0.6 is 0 Å². The maximum absolute atomic E-state index is 12.0. The quantitative estimate of drug-likeness (QED) is 0.836. The molecule has 0 bridgehead atoms. The van der Waals surface area contributed by atoms with E-state index < -0.39 is 0 Å². The fraction of sp³-hybridized carbons (Fsp3) is 0.529. The predicted octanol–water partition coefficient (Wildman–Crippen LogP) is 1.91. The lowest BCUT2D eigenvalue weighted by atomic mass is 9.93. The number of carbonyl (C=O) groups is 1. The Balaban J connectivity index is 1.42. The van der Waals surface area contributed by atoms with Crippen LogP contribution in [0, 0.1) is 5.92 Å². The SMILES string of the molecule is CCN1CCC(CCNC(=O)Nc2cc(-n3cccn3)ncn2)CC1. The summed E-state index contributed by atoms with van der Waals surface area (Å²) in [6.07, 6.45) is 8.33. The van der Waals surface area contributed by atoms with Crippen LogP contribution in [0.25, 0.3) is 5.82 Å². The zero-order valence-corrected chi connectivity index (χ0v) is 14.6. The van der Waals surface area contributed by atoms with Gasteiger partial charge in [-0.15, -0.1) is 0 Å². The molecule has 1 aliphatic heterocycles. The number of carbonyl (C=O) groups excluding carboxylic acids is 1. The molecule has 0 spiro atoms. The first-order valence-corrected chi connectivity index (χ1v) is 8.84. The molecule has 2 aromatic rings. The number of nitrogens with zero attached hydrogens (tertiary/aromatic N) is 5. The fourth-order valence-electron chi connectivity index (χ4n) is 3.09. The standard InChI is InChI=1S/C17H25N7O/c1-2-23-10-5-14(6-11-23)4-8-18-17(25)22-15-12-16(20-13-19-15)24-9-3-7-21-24/h3,7,9,12-14H,2,4-6,8,10-11H2,1H3,(H2,18,19,20,22,25). The first-order valence-electron chi connectivity index (χ1n) is 8.84. The number of anilines is 1. The van der Waals surface area contributed by atoms with E-state index in [1.54, 1.807) is 23.1 Å². The molecule has 2 aromatic heterocycles. The van der Waals surface area contributed by atoms with Crippen LogP contribution in [0.15, 0.2) is 30.9 Å². The van der Waals surface area contributed by atoms with Crippen molar-refractivity contribution in [3.05, 3.63) is 30.9 Å². The summed E-state index contributed by atoms with van der Waals surface area (Å²) >= 11 is 0. The first-order chi connectivity index (χ1) is 12.2. The largest absolute Gasteiger partial charge is 0.338 e. The summed E-state index contributed by atoms with van der Waals surface area (Å²) in [5.74, 6) is 1.76. The van der Waals surface area contributed by atoms with Gasteiger partial charge in [0.05, 0.1) is 0 Å². The number of nitrogens with one attached hydrogen (secondary N) is 2. The van der Waals surface area contributed by atoms with E-state index in [0.717, 1.165) is 13.0 Å². The fourth-order valence-corrected chi connectivity index (χ4v) is 3.09. The van der Waals surface area contributed by atoms with Crippen molar-refractivity contribution in [2.75, 3.05) is 31.5 Å². The molecule has 0 saturated carbocycles. The third kappa shape index (κ3) is 4.99. The minimum atomic E-state index is -0.240. The van der Waals surface area contributed by atoms with E-state index in [4.69, 9.17) is 0 Å². The van der Waals surface area contributed by atoms with Crippen molar-refractivity contribution in [1.29, 1.82) is 0 Å². The number of rotatable bonds is 6. The zero-order chi connectivity index (χ0) is 17.5. The number of hydrogen-bond donors (Lipinski definition) is 2. The van der Waals surface area contributed by atoms with Gasteiger partial charge in [-0.05, 0) is 50.9 Å². The van der Waals surface area contributed by atoms with Crippen molar-refractivity contribution < 1.29 is 4.79 Å². The van der Waals surface area contributed by atoms with Crippen molar-refractivity contribution in [1.82, 2.24) is 30.0 Å². The monoisotopic (exact) mass is 343 g/mol. The Hall–Kier alpha value is -2.48. The molecule has 25 heavy (non-hydrogen) atoms. The van der Waals surface area contributed by atoms with Crippen LogP contribution in [-0.2, 0) is 0 Å². The minimum Gasteiger partial charge on any atom is -0.338 e. The second-order valence-electron chi connectivity index (χ2n) is 6.26. The highest BCUT2D eigenvalue weighted by Crippen LogP contribution is 2.19. The smallest absolute Gasteiger partial charge is 0.320 e. The lowest BCUT2D eigenvalue weighted by Gasteiger charge is -2.30. The maximum atomic E-state index is 12.0. The molecule has 0 unspecified atom stereocenters. The number of hydrogen-bond acceptors (Lipinski definition) is 5. The van der Waals surface area contributed by atoms with Crippen LogP contribution in [0.4, 0.5) is 10.6 Å². The molecule has 0 aliphatic carbocycles. The third-order valence-corrected chi connectivity index (χ3v) is 4.63. The summed E-state index contributed by atoms with van der Waals surface area (Å²) in [7, 11) is 0. The molecule has 0 atom stereocenters. The van der Waals surface area contributed by atoms with Gasteiger partial charge >= 0.3 is 6.03 Å². The van der Waals surface area contributed by atoms with Crippen LogP contribution in [0.3, 0.4) is 0 Å². The number of aromatic nitrogens is 4. The molecular weight excluding hydrogens is 318 g/mol. The zero-order valence-electron chi connectivity index (χ0n) is 14.6. The number of amides is 2. The summed E-state index contributed by atoms with van der Waals surface area (Å²) in [6, 6.07) is 3.26. The van der Waals surface area contributed by atoms with E-state index in [1.165, 1.54) is 32.3 Å². The van der Waals surface area contributed by atoms with Crippen LogP contribution in [0.5, 0.6) is 0 Å². The Morgan fingerprint density at radius 3 is 2.88 bits per heavy atom. The van der Waals surface area contributed by atoms with E-state index in [-0.39, 0.29) is 6.03 Å². The molecule has 1 saturated heterocycles. The molecule has 8 nitrogen and oxygen atoms in total. The van der Waals surface area contributed by atoms with Gasteiger partial charge in [-0.2, -0.15) is 5.10 Å². The van der Waals surface area contributed by atoms with Crippen molar-refractivity contribution in [3.8, 4) is 5.82 Å². The molecule has 134 valence electrons. The van der Waals surface area contributed by atoms with Crippen molar-refractivity contribution in [2.24, 2.45) is 5.92 Å². The molecule has 2 N–H and O–H groups in total. The molecule has 0 aromatic carbocycles. The van der Waals surface area contributed by atoms with Gasteiger partial charge in [0.2, 0.25) is 0 Å². The Kier molecular flexibility index (Phi) is 5.95. The summed E-state index contributed by atoms with van der Waals surface area (Å²) in [5, 5.41) is 9.77. The van der Waals surface area contributed by atoms with Crippen molar-refractivity contribution >= 4 is 11.8 Å². The highest BCUT2D eigenvalue weighted by atomic mass is 16.2. The van der Waals surface area contributed by atoms with E-state index in [9.17, 15) is 4.79 Å². The van der Waals surface area contributed by atoms with E-state index in [0.29, 0.717) is 24.1 Å².